The lowest BCUT2D eigenvalue weighted by Gasteiger charge is -2.19. The highest BCUT2D eigenvalue weighted by Crippen LogP contribution is 2.22. The van der Waals surface area contributed by atoms with Gasteiger partial charge in [0.2, 0.25) is 0 Å². The van der Waals surface area contributed by atoms with E-state index in [0.29, 0.717) is 17.2 Å². The Kier molecular flexibility index (Phi) is 7.52. The fourth-order valence-electron chi connectivity index (χ4n) is 2.37. The molecule has 1 aromatic heterocycles. The number of aliphatic carboxylic acids is 1. The van der Waals surface area contributed by atoms with Gasteiger partial charge in [-0.05, 0) is 30.2 Å². The normalized spacial score (nSPS) is 12.1. The zero-order chi connectivity index (χ0) is 19.6. The lowest BCUT2D eigenvalue weighted by atomic mass is 10.0. The maximum atomic E-state index is 12.5. The summed E-state index contributed by atoms with van der Waals surface area (Å²) in [5.41, 5.74) is 0.840. The molecule has 2 N–H and O–H groups in total. The van der Waals surface area contributed by atoms with E-state index in [-0.39, 0.29) is 11.6 Å². The molecule has 1 atom stereocenters. The molecule has 1 heterocycles. The molecule has 0 bridgehead atoms. The highest BCUT2D eigenvalue weighted by molar-refractivity contribution is 7.10. The number of benzene rings is 1. The van der Waals surface area contributed by atoms with E-state index in [4.69, 9.17) is 9.84 Å². The van der Waals surface area contributed by atoms with Crippen LogP contribution >= 0.6 is 11.3 Å². The van der Waals surface area contributed by atoms with Crippen LogP contribution in [-0.4, -0.2) is 28.6 Å². The van der Waals surface area contributed by atoms with Gasteiger partial charge in [0.15, 0.2) is 6.61 Å². The van der Waals surface area contributed by atoms with Gasteiger partial charge in [0.05, 0.1) is 6.04 Å². The second-order valence-electron chi connectivity index (χ2n) is 5.61. The molecule has 0 radical (unpaired) electrons. The van der Waals surface area contributed by atoms with E-state index in [0.717, 1.165) is 12.0 Å². The first-order valence-electron chi connectivity index (χ1n) is 8.30. The zero-order valence-electron chi connectivity index (χ0n) is 14.7. The minimum absolute atomic E-state index is 0.00698. The summed E-state index contributed by atoms with van der Waals surface area (Å²) < 4.78 is 5.11. The monoisotopic (exact) mass is 385 g/mol. The average Bonchev–Trinajstić information content (AvgIpc) is 3.17. The Morgan fingerprint density at radius 2 is 2.15 bits per heavy atom. The van der Waals surface area contributed by atoms with Crippen molar-refractivity contribution in [1.29, 1.82) is 5.26 Å². The van der Waals surface area contributed by atoms with Crippen molar-refractivity contribution < 1.29 is 19.4 Å². The molecule has 0 aliphatic carbocycles. The molecule has 0 spiro atoms. The lowest BCUT2D eigenvalue weighted by Crippen LogP contribution is -2.29. The number of carbonyl (C=O) groups excluding carboxylic acids is 1. The zero-order valence-corrected chi connectivity index (χ0v) is 15.5. The van der Waals surface area contributed by atoms with E-state index in [2.05, 4.69) is 10.3 Å². The van der Waals surface area contributed by atoms with Crippen molar-refractivity contribution >= 4 is 29.3 Å². The highest BCUT2D eigenvalue weighted by atomic mass is 32.1. The molecule has 1 amide bonds. The van der Waals surface area contributed by atoms with E-state index >= 15 is 0 Å². The number of carboxylic acids is 1. The Hall–Kier alpha value is -3.18. The van der Waals surface area contributed by atoms with Crippen molar-refractivity contribution in [3.05, 3.63) is 52.0 Å². The molecule has 1 aromatic carbocycles. The third kappa shape index (κ3) is 6.24. The molecule has 1 unspecified atom stereocenters. The predicted octanol–water partition coefficient (Wildman–Crippen LogP) is 3.17. The van der Waals surface area contributed by atoms with Crippen molar-refractivity contribution in [2.45, 2.75) is 25.8 Å². The topological polar surface area (TPSA) is 112 Å². The number of nitriles is 1. The van der Waals surface area contributed by atoms with Crippen LogP contribution in [0.15, 0.2) is 41.4 Å². The maximum absolute atomic E-state index is 12.5. The van der Waals surface area contributed by atoms with E-state index in [9.17, 15) is 14.9 Å². The van der Waals surface area contributed by atoms with Crippen LogP contribution in [0, 0.1) is 11.3 Å². The third-order valence-corrected chi connectivity index (χ3v) is 4.33. The van der Waals surface area contributed by atoms with Gasteiger partial charge in [-0.25, -0.2) is 9.78 Å². The summed E-state index contributed by atoms with van der Waals surface area (Å²) in [5.74, 6) is -1.08. The van der Waals surface area contributed by atoms with Gasteiger partial charge in [-0.3, -0.25) is 4.79 Å². The second-order valence-corrected chi connectivity index (χ2v) is 6.53. The molecule has 140 valence electrons. The summed E-state index contributed by atoms with van der Waals surface area (Å²) in [6.07, 6.45) is 4.60. The molecular weight excluding hydrogens is 366 g/mol. The van der Waals surface area contributed by atoms with Crippen molar-refractivity contribution in [1.82, 2.24) is 10.3 Å². The minimum atomic E-state index is -1.05. The average molecular weight is 385 g/mol. The standard InChI is InChI=1S/C19H19N3O4S/c1-2-3-16(13-4-6-15(7-5-13)26-12-18(23)24)22-19(25)14(11-20)10-17-21-8-9-27-17/h4-10,16H,2-3,12H2,1H3,(H,22,25)(H,23,24). The quantitative estimate of drug-likeness (QED) is 0.506. The number of nitrogens with one attached hydrogen (secondary N) is 1. The Morgan fingerprint density at radius 3 is 2.70 bits per heavy atom. The van der Waals surface area contributed by atoms with Crippen LogP contribution in [0.25, 0.3) is 6.08 Å². The van der Waals surface area contributed by atoms with Crippen molar-refractivity contribution in [2.75, 3.05) is 6.61 Å². The van der Waals surface area contributed by atoms with Crippen LogP contribution in [0.3, 0.4) is 0 Å². The van der Waals surface area contributed by atoms with E-state index in [1.165, 1.54) is 17.4 Å². The summed E-state index contributed by atoms with van der Waals surface area (Å²) in [6.45, 7) is 1.58. The Bertz CT molecular complexity index is 839. The van der Waals surface area contributed by atoms with Crippen LogP contribution in [0.5, 0.6) is 5.75 Å². The summed E-state index contributed by atoms with van der Waals surface area (Å²) in [4.78, 5) is 27.1. The Morgan fingerprint density at radius 1 is 1.41 bits per heavy atom. The largest absolute Gasteiger partial charge is 0.482 e. The number of amides is 1. The summed E-state index contributed by atoms with van der Waals surface area (Å²) >= 11 is 1.34. The van der Waals surface area contributed by atoms with Gasteiger partial charge in [0.25, 0.3) is 5.91 Å². The smallest absolute Gasteiger partial charge is 0.341 e. The molecule has 0 saturated carbocycles. The first-order chi connectivity index (χ1) is 13.0. The van der Waals surface area contributed by atoms with Gasteiger partial charge in [0.1, 0.15) is 22.4 Å². The highest BCUT2D eigenvalue weighted by Gasteiger charge is 2.17. The number of ether oxygens (including phenoxy) is 1. The van der Waals surface area contributed by atoms with Gasteiger partial charge >= 0.3 is 5.97 Å². The summed E-state index contributed by atoms with van der Waals surface area (Å²) in [7, 11) is 0. The molecule has 0 saturated heterocycles. The number of hydrogen-bond acceptors (Lipinski definition) is 6. The van der Waals surface area contributed by atoms with Crippen molar-refractivity contribution in [3.8, 4) is 11.8 Å². The fraction of sp³-hybridized carbons (Fsp3) is 0.263. The first-order valence-corrected chi connectivity index (χ1v) is 9.18. The Balaban J connectivity index is 2.11. The SMILES string of the molecule is CCCC(NC(=O)C(C#N)=Cc1nccs1)c1ccc(OCC(=O)O)cc1. The number of carboxylic acid groups (broad SMARTS) is 1. The van der Waals surface area contributed by atoms with Gasteiger partial charge in [-0.15, -0.1) is 11.3 Å². The predicted molar refractivity (Wildman–Crippen MR) is 101 cm³/mol. The van der Waals surface area contributed by atoms with Crippen LogP contribution < -0.4 is 10.1 Å². The van der Waals surface area contributed by atoms with Gasteiger partial charge in [0, 0.05) is 11.6 Å². The van der Waals surface area contributed by atoms with Gasteiger partial charge < -0.3 is 15.2 Å². The summed E-state index contributed by atoms with van der Waals surface area (Å²) in [6, 6.07) is 8.50. The molecular formula is C19H19N3O4S. The second kappa shape index (κ2) is 10.1. The lowest BCUT2D eigenvalue weighted by molar-refractivity contribution is -0.139. The molecule has 0 fully saturated rings. The maximum Gasteiger partial charge on any atom is 0.341 e. The summed E-state index contributed by atoms with van der Waals surface area (Å²) in [5, 5.41) is 23.2. The first kappa shape index (κ1) is 20.1. The molecule has 0 aliphatic rings. The number of rotatable bonds is 9. The minimum Gasteiger partial charge on any atom is -0.482 e. The number of aromatic nitrogens is 1. The molecule has 2 aromatic rings. The van der Waals surface area contributed by atoms with E-state index in [1.807, 2.05) is 13.0 Å². The van der Waals surface area contributed by atoms with Crippen LogP contribution in [-0.2, 0) is 9.59 Å². The van der Waals surface area contributed by atoms with E-state index < -0.39 is 18.5 Å². The number of hydrogen-bond donors (Lipinski definition) is 2. The van der Waals surface area contributed by atoms with E-state index in [1.54, 1.807) is 35.8 Å². The number of thiazole rings is 1. The molecule has 8 heteroatoms. The third-order valence-electron chi connectivity index (χ3n) is 3.61. The Labute approximate surface area is 160 Å². The molecule has 0 aliphatic heterocycles. The molecule has 2 rings (SSSR count). The van der Waals surface area contributed by atoms with Crippen LogP contribution in [0.2, 0.25) is 0 Å². The van der Waals surface area contributed by atoms with Crippen molar-refractivity contribution in [3.63, 3.8) is 0 Å². The van der Waals surface area contributed by atoms with Crippen molar-refractivity contribution in [2.24, 2.45) is 0 Å². The number of carbonyl (C=O) groups is 2. The fourth-order valence-corrected chi connectivity index (χ4v) is 2.93. The molecule has 27 heavy (non-hydrogen) atoms. The van der Waals surface area contributed by atoms with Crippen LogP contribution in [0.4, 0.5) is 0 Å². The van der Waals surface area contributed by atoms with Gasteiger partial charge in [-0.1, -0.05) is 25.5 Å². The van der Waals surface area contributed by atoms with Crippen LogP contribution in [0.1, 0.15) is 36.4 Å². The van der Waals surface area contributed by atoms with Gasteiger partial charge in [-0.2, -0.15) is 5.26 Å². The molecule has 7 nitrogen and oxygen atoms in total. The number of nitrogens with zero attached hydrogens (tertiary/aromatic N) is 2.